The van der Waals surface area contributed by atoms with Gasteiger partial charge in [-0.2, -0.15) is 23.4 Å². The number of halogens is 3. The average Bonchev–Trinajstić information content (AvgIpc) is 2.67. The Balaban J connectivity index is 0.000000387. The summed E-state index contributed by atoms with van der Waals surface area (Å²) in [5.74, 6) is -1.38. The van der Waals surface area contributed by atoms with Crippen molar-refractivity contribution >= 4 is 5.97 Å². The maximum atomic E-state index is 11.2. The monoisotopic (exact) mass is 385 g/mol. The van der Waals surface area contributed by atoms with E-state index in [2.05, 4.69) is 26.6 Å². The second-order valence-electron chi connectivity index (χ2n) is 4.97. The Labute approximate surface area is 154 Å². The minimum Gasteiger partial charge on any atom is -0.493 e. The first-order chi connectivity index (χ1) is 12.8. The normalized spacial score (nSPS) is 10.4. The van der Waals surface area contributed by atoms with Crippen molar-refractivity contribution in [2.24, 2.45) is 0 Å². The lowest BCUT2D eigenvalue weighted by Crippen LogP contribution is -2.38. The van der Waals surface area contributed by atoms with Gasteiger partial charge in [0.15, 0.2) is 18.5 Å². The average molecular weight is 385 g/mol. The Hall–Kier alpha value is -3.04. The van der Waals surface area contributed by atoms with Crippen LogP contribution in [0.4, 0.5) is 13.2 Å². The van der Waals surface area contributed by atoms with Gasteiger partial charge in [-0.1, -0.05) is 11.3 Å². The van der Waals surface area contributed by atoms with Gasteiger partial charge in [-0.3, -0.25) is 4.79 Å². The van der Waals surface area contributed by atoms with Crippen molar-refractivity contribution in [3.8, 4) is 11.3 Å². The Bertz CT molecular complexity index is 722. The third-order valence-electron chi connectivity index (χ3n) is 3.05. The number of carbonyl (C=O) groups is 1. The zero-order valence-corrected chi connectivity index (χ0v) is 14.9. The molecule has 2 rings (SSSR count). The fraction of sp³-hybridized carbons (Fsp3) is 0.353. The van der Waals surface area contributed by atoms with Crippen LogP contribution < -0.4 is 4.68 Å². The Morgan fingerprint density at radius 2 is 2.07 bits per heavy atom. The quantitative estimate of drug-likeness (QED) is 0.432. The van der Waals surface area contributed by atoms with Crippen LogP contribution >= 0.6 is 0 Å². The van der Waals surface area contributed by atoms with Crippen LogP contribution in [0.3, 0.4) is 0 Å². The van der Waals surface area contributed by atoms with Gasteiger partial charge in [-0.25, -0.2) is 0 Å². The molecule has 0 aliphatic carbocycles. The van der Waals surface area contributed by atoms with Gasteiger partial charge in [0.25, 0.3) is 0 Å². The van der Waals surface area contributed by atoms with E-state index in [0.717, 1.165) is 18.4 Å². The number of aryl methyl sites for hydroxylation is 1. The first-order valence-corrected chi connectivity index (χ1v) is 7.87. The van der Waals surface area contributed by atoms with Gasteiger partial charge in [0, 0.05) is 17.8 Å². The van der Waals surface area contributed by atoms with Crippen molar-refractivity contribution in [3.63, 3.8) is 0 Å². The molecule has 10 heteroatoms. The zero-order chi connectivity index (χ0) is 20.3. The highest BCUT2D eigenvalue weighted by atomic mass is 19.4. The van der Waals surface area contributed by atoms with Crippen molar-refractivity contribution in [1.82, 2.24) is 15.3 Å². The number of allylic oxidation sites excluding steroid dienone is 1. The van der Waals surface area contributed by atoms with Crippen LogP contribution in [0.1, 0.15) is 13.3 Å². The highest BCUT2D eigenvalue weighted by molar-refractivity contribution is 5.68. The molecule has 0 atom stereocenters. The lowest BCUT2D eigenvalue weighted by atomic mass is 10.2. The minimum atomic E-state index is -4.41. The molecule has 0 radical (unpaired) electrons. The molecule has 0 N–H and O–H groups in total. The standard InChI is InChI=1S/C13H15N4O2.C4H5F3O/c1-2-19-13(18)6-9-17-8-5-11(10-15-17)12-4-3-7-14-16-12;1-3(8-2)4(5,6)7/h3-5,7-8,10H,2,6,9H2,1H3;1H2,2H3/q+1;. The van der Waals surface area contributed by atoms with Crippen LogP contribution in [0.15, 0.2) is 49.1 Å². The number of ether oxygens (including phenoxy) is 2. The number of hydrogen-bond acceptors (Lipinski definition) is 6. The number of hydrogen-bond donors (Lipinski definition) is 0. The van der Waals surface area contributed by atoms with E-state index in [1.54, 1.807) is 24.0 Å². The predicted molar refractivity (Wildman–Crippen MR) is 88.9 cm³/mol. The van der Waals surface area contributed by atoms with E-state index >= 15 is 0 Å². The van der Waals surface area contributed by atoms with Crippen molar-refractivity contribution in [1.29, 1.82) is 0 Å². The van der Waals surface area contributed by atoms with Crippen LogP contribution in [0, 0.1) is 0 Å². The molecule has 0 aliphatic rings. The smallest absolute Gasteiger partial charge is 0.448 e. The lowest BCUT2D eigenvalue weighted by Gasteiger charge is -2.06. The fourth-order valence-corrected chi connectivity index (χ4v) is 1.68. The van der Waals surface area contributed by atoms with E-state index in [9.17, 15) is 18.0 Å². The number of esters is 1. The van der Waals surface area contributed by atoms with Crippen LogP contribution in [0.25, 0.3) is 11.3 Å². The molecule has 2 heterocycles. The second-order valence-corrected chi connectivity index (χ2v) is 4.97. The Morgan fingerprint density at radius 3 is 2.52 bits per heavy atom. The number of carbonyl (C=O) groups excluding carboxylic acids is 1. The summed E-state index contributed by atoms with van der Waals surface area (Å²) in [7, 11) is 0.926. The predicted octanol–water partition coefficient (Wildman–Crippen LogP) is 2.49. The van der Waals surface area contributed by atoms with Crippen molar-refractivity contribution in [2.45, 2.75) is 26.1 Å². The van der Waals surface area contributed by atoms with E-state index in [4.69, 9.17) is 4.74 Å². The fourth-order valence-electron chi connectivity index (χ4n) is 1.68. The summed E-state index contributed by atoms with van der Waals surface area (Å²) >= 11 is 0. The van der Waals surface area contributed by atoms with Gasteiger partial charge in [-0.05, 0) is 24.2 Å². The summed E-state index contributed by atoms with van der Waals surface area (Å²) in [6.07, 6.45) is 1.04. The number of rotatable bonds is 6. The summed E-state index contributed by atoms with van der Waals surface area (Å²) in [5, 5.41) is 12.0. The number of methoxy groups -OCH3 is 1. The Morgan fingerprint density at radius 1 is 1.33 bits per heavy atom. The lowest BCUT2D eigenvalue weighted by molar-refractivity contribution is -0.752. The highest BCUT2D eigenvalue weighted by Gasteiger charge is 2.33. The maximum absolute atomic E-state index is 11.2. The summed E-state index contributed by atoms with van der Waals surface area (Å²) < 4.78 is 44.0. The molecular formula is C17H20F3N4O3+. The topological polar surface area (TPSA) is 78.1 Å². The van der Waals surface area contributed by atoms with Crippen molar-refractivity contribution in [3.05, 3.63) is 49.1 Å². The van der Waals surface area contributed by atoms with E-state index in [1.165, 1.54) is 0 Å². The van der Waals surface area contributed by atoms with Gasteiger partial charge in [-0.15, -0.1) is 0 Å². The molecule has 146 valence electrons. The van der Waals surface area contributed by atoms with Crippen molar-refractivity contribution in [2.75, 3.05) is 13.7 Å². The van der Waals surface area contributed by atoms with Gasteiger partial charge in [0.1, 0.15) is 12.6 Å². The number of alkyl halides is 3. The molecule has 2 aromatic rings. The third kappa shape index (κ3) is 8.25. The first kappa shape index (κ1) is 22.0. The molecule has 0 aliphatic heterocycles. The summed E-state index contributed by atoms with van der Waals surface area (Å²) in [4.78, 5) is 11.2. The summed E-state index contributed by atoms with van der Waals surface area (Å²) in [5.41, 5.74) is 1.66. The molecule has 27 heavy (non-hydrogen) atoms. The second kappa shape index (κ2) is 10.8. The van der Waals surface area contributed by atoms with Gasteiger partial charge in [0.2, 0.25) is 0 Å². The molecule has 0 spiro atoms. The van der Waals surface area contributed by atoms with Gasteiger partial charge < -0.3 is 9.47 Å². The van der Waals surface area contributed by atoms with E-state index in [1.807, 2.05) is 24.4 Å². The molecular weight excluding hydrogens is 365 g/mol. The Kier molecular flexibility index (Phi) is 8.83. The van der Waals surface area contributed by atoms with Crippen LogP contribution in [-0.2, 0) is 20.8 Å². The summed E-state index contributed by atoms with van der Waals surface area (Å²) in [6, 6.07) is 5.58. The van der Waals surface area contributed by atoms with Crippen molar-refractivity contribution < 1.29 is 32.1 Å². The largest absolute Gasteiger partial charge is 0.493 e. The molecule has 0 bridgehead atoms. The third-order valence-corrected chi connectivity index (χ3v) is 3.05. The highest BCUT2D eigenvalue weighted by Crippen LogP contribution is 2.23. The molecule has 0 unspecified atom stereocenters. The molecule has 0 aromatic carbocycles. The molecule has 0 saturated heterocycles. The van der Waals surface area contributed by atoms with E-state index in [0.29, 0.717) is 19.6 Å². The number of aromatic nitrogens is 4. The molecule has 0 fully saturated rings. The van der Waals surface area contributed by atoms with Gasteiger partial charge >= 0.3 is 12.1 Å². The molecule has 7 nitrogen and oxygen atoms in total. The van der Waals surface area contributed by atoms with Crippen LogP contribution in [0.5, 0.6) is 0 Å². The van der Waals surface area contributed by atoms with Crippen LogP contribution in [-0.4, -0.2) is 41.2 Å². The zero-order valence-electron chi connectivity index (χ0n) is 14.9. The molecule has 0 amide bonds. The summed E-state index contributed by atoms with van der Waals surface area (Å²) in [6.45, 7) is 5.29. The van der Waals surface area contributed by atoms with E-state index in [-0.39, 0.29) is 5.97 Å². The maximum Gasteiger partial charge on any atom is 0.448 e. The molecule has 2 aromatic heterocycles. The van der Waals surface area contributed by atoms with Gasteiger partial charge in [0.05, 0.1) is 19.4 Å². The van der Waals surface area contributed by atoms with E-state index < -0.39 is 11.9 Å². The first-order valence-electron chi connectivity index (χ1n) is 7.87. The SMILES string of the molecule is C=C(OC)C(F)(F)F.CCOC(=O)CC[n+]1ccc(-c2cccnn2)cn1. The molecule has 0 saturated carbocycles. The minimum absolute atomic E-state index is 0.213. The number of nitrogens with zero attached hydrogens (tertiary/aromatic N) is 4. The van der Waals surface area contributed by atoms with Crippen LogP contribution in [0.2, 0.25) is 0 Å².